The van der Waals surface area contributed by atoms with E-state index in [1.165, 1.54) is 0 Å². The third kappa shape index (κ3) is 3.46. The molecule has 4 aromatic rings. The number of amides is 1. The van der Waals surface area contributed by atoms with Gasteiger partial charge in [0.15, 0.2) is 0 Å². The molecule has 2 N–H and O–H groups in total. The van der Waals surface area contributed by atoms with Crippen LogP contribution in [0, 0.1) is 0 Å². The monoisotopic (exact) mass is 452 g/mol. The van der Waals surface area contributed by atoms with Crippen molar-refractivity contribution in [2.75, 3.05) is 5.32 Å². The normalized spacial score (nSPS) is 10.8. The maximum atomic E-state index is 12.8. The highest BCUT2D eigenvalue weighted by Gasteiger charge is 2.19. The van der Waals surface area contributed by atoms with Gasteiger partial charge in [0.05, 0.1) is 10.6 Å². The summed E-state index contributed by atoms with van der Waals surface area (Å²) in [5.41, 5.74) is 2.27. The van der Waals surface area contributed by atoms with Crippen LogP contribution >= 0.6 is 27.5 Å². The summed E-state index contributed by atoms with van der Waals surface area (Å²) in [6, 6.07) is 21.8. The highest BCUT2D eigenvalue weighted by Crippen LogP contribution is 2.34. The molecule has 1 aromatic heterocycles. The van der Waals surface area contributed by atoms with E-state index in [4.69, 9.17) is 11.6 Å². The molecule has 0 aliphatic carbocycles. The lowest BCUT2D eigenvalue weighted by Gasteiger charge is -2.14. The van der Waals surface area contributed by atoms with Crippen molar-refractivity contribution in [2.45, 2.75) is 0 Å². The number of anilines is 1. The van der Waals surface area contributed by atoms with E-state index in [2.05, 4.69) is 26.2 Å². The summed E-state index contributed by atoms with van der Waals surface area (Å²) < 4.78 is 0.868. The average Bonchev–Trinajstić information content (AvgIpc) is 2.70. The van der Waals surface area contributed by atoms with Gasteiger partial charge in [-0.1, -0.05) is 70.0 Å². The van der Waals surface area contributed by atoms with E-state index in [1.54, 1.807) is 24.3 Å². The van der Waals surface area contributed by atoms with E-state index in [9.17, 15) is 9.59 Å². The second-order valence-corrected chi connectivity index (χ2v) is 7.52. The molecule has 0 aliphatic heterocycles. The minimum Gasteiger partial charge on any atom is -0.320 e. The number of aromatic nitrogens is 1. The summed E-state index contributed by atoms with van der Waals surface area (Å²) in [5.74, 6) is -0.442. The van der Waals surface area contributed by atoms with Crippen molar-refractivity contribution in [3.8, 4) is 11.1 Å². The molecule has 4 rings (SSSR count). The van der Waals surface area contributed by atoms with E-state index >= 15 is 0 Å². The van der Waals surface area contributed by atoms with Crippen LogP contribution in [0.1, 0.15) is 10.4 Å². The van der Waals surface area contributed by atoms with Crippen molar-refractivity contribution in [3.05, 3.63) is 98.2 Å². The zero-order chi connectivity index (χ0) is 19.7. The number of benzene rings is 3. The van der Waals surface area contributed by atoms with Gasteiger partial charge in [0, 0.05) is 20.9 Å². The minimum atomic E-state index is -0.442. The lowest BCUT2D eigenvalue weighted by molar-refractivity contribution is 0.102. The quantitative estimate of drug-likeness (QED) is 0.408. The molecule has 0 aliphatic rings. The van der Waals surface area contributed by atoms with Gasteiger partial charge in [-0.15, -0.1) is 0 Å². The van der Waals surface area contributed by atoms with Gasteiger partial charge < -0.3 is 10.3 Å². The first-order valence-electron chi connectivity index (χ1n) is 8.51. The first-order valence-corrected chi connectivity index (χ1v) is 9.68. The van der Waals surface area contributed by atoms with E-state index in [0.717, 1.165) is 15.4 Å². The Morgan fingerprint density at radius 1 is 0.964 bits per heavy atom. The van der Waals surface area contributed by atoms with Crippen molar-refractivity contribution >= 4 is 50.0 Å². The van der Waals surface area contributed by atoms with Gasteiger partial charge in [0.25, 0.3) is 11.5 Å². The fourth-order valence-corrected chi connectivity index (χ4v) is 3.70. The fourth-order valence-electron chi connectivity index (χ4n) is 3.12. The molecule has 1 heterocycles. The maximum absolute atomic E-state index is 12.8. The number of aromatic amines is 1. The largest absolute Gasteiger partial charge is 0.320 e. The van der Waals surface area contributed by atoms with Gasteiger partial charge in [-0.25, -0.2) is 0 Å². The molecule has 0 bridgehead atoms. The predicted octanol–water partition coefficient (Wildman–Crippen LogP) is 5.86. The number of carbonyl (C=O) groups is 1. The molecule has 3 aromatic carbocycles. The second kappa shape index (κ2) is 7.62. The molecule has 0 radical (unpaired) electrons. The molecule has 1 amide bonds. The third-order valence-corrected chi connectivity index (χ3v) is 5.22. The standard InChI is InChI=1S/C22H14BrClN2O2/c23-14-10-11-18-16(12-14)19(13-6-2-1-3-7-13)20(22(28)25-18)26-21(27)15-8-4-5-9-17(15)24/h1-12H,(H,25,28)(H,26,27). The smallest absolute Gasteiger partial charge is 0.272 e. The van der Waals surface area contributed by atoms with E-state index in [-0.39, 0.29) is 11.2 Å². The number of hydrogen-bond donors (Lipinski definition) is 2. The van der Waals surface area contributed by atoms with Crippen LogP contribution in [0.3, 0.4) is 0 Å². The Morgan fingerprint density at radius 2 is 1.68 bits per heavy atom. The van der Waals surface area contributed by atoms with Crippen LogP contribution in [0.2, 0.25) is 5.02 Å². The van der Waals surface area contributed by atoms with Crippen LogP contribution in [0.15, 0.2) is 82.1 Å². The molecule has 6 heteroatoms. The molecule has 0 unspecified atom stereocenters. The van der Waals surface area contributed by atoms with Crippen LogP contribution in [-0.2, 0) is 0 Å². The Hall–Kier alpha value is -2.89. The molecule has 28 heavy (non-hydrogen) atoms. The number of H-pyrrole nitrogens is 1. The van der Waals surface area contributed by atoms with Gasteiger partial charge >= 0.3 is 0 Å². The van der Waals surface area contributed by atoms with Crippen molar-refractivity contribution in [3.63, 3.8) is 0 Å². The van der Waals surface area contributed by atoms with Crippen LogP contribution in [-0.4, -0.2) is 10.9 Å². The topological polar surface area (TPSA) is 62.0 Å². The molecule has 0 atom stereocenters. The summed E-state index contributed by atoms with van der Waals surface area (Å²) in [7, 11) is 0. The Kier molecular flexibility index (Phi) is 5.03. The lowest BCUT2D eigenvalue weighted by atomic mass is 9.99. The van der Waals surface area contributed by atoms with Gasteiger partial charge in [-0.3, -0.25) is 9.59 Å². The van der Waals surface area contributed by atoms with Crippen LogP contribution < -0.4 is 10.9 Å². The highest BCUT2D eigenvalue weighted by atomic mass is 79.9. The Labute approximate surface area is 174 Å². The number of pyridine rings is 1. The molecular weight excluding hydrogens is 440 g/mol. The zero-order valence-electron chi connectivity index (χ0n) is 14.5. The molecule has 0 saturated heterocycles. The van der Waals surface area contributed by atoms with E-state index < -0.39 is 5.91 Å². The SMILES string of the molecule is O=C(Nc1c(-c2ccccc2)c2cc(Br)ccc2[nH]c1=O)c1ccccc1Cl. The Bertz CT molecular complexity index is 1250. The number of fused-ring (bicyclic) bond motifs is 1. The van der Waals surface area contributed by atoms with Gasteiger partial charge in [-0.2, -0.15) is 0 Å². The Morgan fingerprint density at radius 3 is 2.43 bits per heavy atom. The molecule has 0 fully saturated rings. The van der Waals surface area contributed by atoms with E-state index in [1.807, 2.05) is 48.5 Å². The number of rotatable bonds is 3. The predicted molar refractivity (Wildman–Crippen MR) is 117 cm³/mol. The van der Waals surface area contributed by atoms with Crippen molar-refractivity contribution in [1.82, 2.24) is 4.98 Å². The fraction of sp³-hybridized carbons (Fsp3) is 0. The van der Waals surface area contributed by atoms with Gasteiger partial charge in [0.1, 0.15) is 5.69 Å². The van der Waals surface area contributed by atoms with Crippen LogP contribution in [0.25, 0.3) is 22.0 Å². The number of hydrogen-bond acceptors (Lipinski definition) is 2. The molecule has 4 nitrogen and oxygen atoms in total. The first-order chi connectivity index (χ1) is 13.5. The number of carbonyl (C=O) groups excluding carboxylic acids is 1. The Balaban J connectivity index is 1.95. The van der Waals surface area contributed by atoms with Crippen molar-refractivity contribution in [2.24, 2.45) is 0 Å². The van der Waals surface area contributed by atoms with Crippen LogP contribution in [0.5, 0.6) is 0 Å². The maximum Gasteiger partial charge on any atom is 0.272 e. The summed E-state index contributed by atoms with van der Waals surface area (Å²) >= 11 is 9.63. The molecule has 138 valence electrons. The average molecular weight is 454 g/mol. The van der Waals surface area contributed by atoms with E-state index in [0.29, 0.717) is 21.7 Å². The lowest BCUT2D eigenvalue weighted by Crippen LogP contribution is -2.21. The van der Waals surface area contributed by atoms with Gasteiger partial charge in [-0.05, 0) is 35.9 Å². The molecule has 0 spiro atoms. The summed E-state index contributed by atoms with van der Waals surface area (Å²) in [6.45, 7) is 0. The van der Waals surface area contributed by atoms with Crippen LogP contribution in [0.4, 0.5) is 5.69 Å². The van der Waals surface area contributed by atoms with Crippen molar-refractivity contribution < 1.29 is 4.79 Å². The van der Waals surface area contributed by atoms with Crippen molar-refractivity contribution in [1.29, 1.82) is 0 Å². The van der Waals surface area contributed by atoms with Gasteiger partial charge in [0.2, 0.25) is 0 Å². The molecular formula is C22H14BrClN2O2. The molecule has 0 saturated carbocycles. The summed E-state index contributed by atoms with van der Waals surface area (Å²) in [4.78, 5) is 28.5. The summed E-state index contributed by atoms with van der Waals surface area (Å²) in [6.07, 6.45) is 0. The number of nitrogens with one attached hydrogen (secondary N) is 2. The zero-order valence-corrected chi connectivity index (χ0v) is 16.8. The second-order valence-electron chi connectivity index (χ2n) is 6.19. The summed E-state index contributed by atoms with van der Waals surface area (Å²) in [5, 5.41) is 3.90. The first kappa shape index (κ1) is 18.5. The highest BCUT2D eigenvalue weighted by molar-refractivity contribution is 9.10. The third-order valence-electron chi connectivity index (χ3n) is 4.40. The minimum absolute atomic E-state index is 0.182. The number of halogens is 2.